The first-order valence-corrected chi connectivity index (χ1v) is 9.43. The number of benzene rings is 1. The maximum atomic E-state index is 14.6. The fraction of sp³-hybridized carbons (Fsp3) is 0.0952. The molecule has 0 fully saturated rings. The highest BCUT2D eigenvalue weighted by Gasteiger charge is 2.16. The number of pyridine rings is 1. The second-order valence-corrected chi connectivity index (χ2v) is 7.01. The molecular formula is C21H16F2N8. The van der Waals surface area contributed by atoms with E-state index in [1.54, 1.807) is 41.3 Å². The van der Waals surface area contributed by atoms with Gasteiger partial charge in [-0.25, -0.2) is 23.3 Å². The van der Waals surface area contributed by atoms with Gasteiger partial charge in [0, 0.05) is 23.5 Å². The Kier molecular flexibility index (Phi) is 4.39. The largest absolute Gasteiger partial charge is 0.366 e. The molecule has 1 atom stereocenters. The van der Waals surface area contributed by atoms with E-state index in [1.165, 1.54) is 22.8 Å². The monoisotopic (exact) mass is 418 g/mol. The van der Waals surface area contributed by atoms with Gasteiger partial charge in [-0.3, -0.25) is 4.68 Å². The Balaban J connectivity index is 1.50. The summed E-state index contributed by atoms with van der Waals surface area (Å²) in [7, 11) is 0. The summed E-state index contributed by atoms with van der Waals surface area (Å²) in [4.78, 5) is 12.6. The molecule has 31 heavy (non-hydrogen) atoms. The summed E-state index contributed by atoms with van der Waals surface area (Å²) in [5.74, 6) is -0.384. The van der Waals surface area contributed by atoms with Crippen molar-refractivity contribution in [1.29, 1.82) is 0 Å². The molecule has 1 aromatic carbocycles. The van der Waals surface area contributed by atoms with Crippen molar-refractivity contribution < 1.29 is 8.78 Å². The second kappa shape index (κ2) is 7.24. The molecule has 4 heterocycles. The molecule has 5 rings (SSSR count). The molecule has 0 bridgehead atoms. The van der Waals surface area contributed by atoms with Crippen LogP contribution >= 0.6 is 0 Å². The van der Waals surface area contributed by atoms with Crippen LogP contribution in [-0.4, -0.2) is 34.3 Å². The molecule has 0 aliphatic rings. The summed E-state index contributed by atoms with van der Waals surface area (Å²) in [5, 5.41) is 8.37. The first-order chi connectivity index (χ1) is 15.0. The smallest absolute Gasteiger partial charge is 0.240 e. The SMILES string of the molecule is CC(c1ccc(F)cc1)n1cc(-c2nc(-c3ccn4nc(N)nc4c3)ncc2F)cn1. The zero-order valence-electron chi connectivity index (χ0n) is 16.3. The molecule has 0 aliphatic carbocycles. The van der Waals surface area contributed by atoms with Gasteiger partial charge in [-0.05, 0) is 36.8 Å². The highest BCUT2D eigenvalue weighted by molar-refractivity contribution is 5.65. The average molecular weight is 418 g/mol. The third-order valence-electron chi connectivity index (χ3n) is 4.98. The standard InChI is InChI=1S/C21H16F2N8/c1-12(13-2-4-16(22)5-3-13)31-11-15(9-26-31)19-17(23)10-25-20(28-19)14-6-7-30-18(8-14)27-21(24)29-30/h2-12H,1H3,(H2,24,29). The summed E-state index contributed by atoms with van der Waals surface area (Å²) in [5.41, 5.74) is 8.31. The molecule has 0 aliphatic heterocycles. The van der Waals surface area contributed by atoms with E-state index in [0.717, 1.165) is 11.8 Å². The van der Waals surface area contributed by atoms with Crippen molar-refractivity contribution in [3.05, 3.63) is 78.4 Å². The van der Waals surface area contributed by atoms with Gasteiger partial charge in [-0.1, -0.05) is 12.1 Å². The minimum atomic E-state index is -0.564. The van der Waals surface area contributed by atoms with Crippen LogP contribution in [-0.2, 0) is 0 Å². The van der Waals surface area contributed by atoms with Crippen molar-refractivity contribution in [3.63, 3.8) is 0 Å². The molecular weight excluding hydrogens is 402 g/mol. The highest BCUT2D eigenvalue weighted by atomic mass is 19.1. The van der Waals surface area contributed by atoms with Crippen molar-refractivity contribution >= 4 is 11.6 Å². The van der Waals surface area contributed by atoms with E-state index in [0.29, 0.717) is 22.6 Å². The van der Waals surface area contributed by atoms with Crippen molar-refractivity contribution in [1.82, 2.24) is 34.3 Å². The molecule has 0 spiro atoms. The molecule has 2 N–H and O–H groups in total. The Hall–Kier alpha value is -4.21. The Morgan fingerprint density at radius 2 is 1.81 bits per heavy atom. The lowest BCUT2D eigenvalue weighted by molar-refractivity contribution is 0.561. The minimum absolute atomic E-state index is 0.128. The number of rotatable bonds is 4. The molecule has 1 unspecified atom stereocenters. The Bertz CT molecular complexity index is 1390. The fourth-order valence-electron chi connectivity index (χ4n) is 3.31. The van der Waals surface area contributed by atoms with E-state index in [9.17, 15) is 8.78 Å². The normalized spacial score (nSPS) is 12.4. The van der Waals surface area contributed by atoms with Crippen LogP contribution < -0.4 is 5.73 Å². The zero-order valence-corrected chi connectivity index (χ0v) is 16.3. The first-order valence-electron chi connectivity index (χ1n) is 9.43. The van der Waals surface area contributed by atoms with Gasteiger partial charge in [0.1, 0.15) is 11.5 Å². The number of nitrogen functional groups attached to an aromatic ring is 1. The van der Waals surface area contributed by atoms with Crippen LogP contribution in [0.5, 0.6) is 0 Å². The van der Waals surface area contributed by atoms with Crippen LogP contribution in [0.25, 0.3) is 28.3 Å². The minimum Gasteiger partial charge on any atom is -0.366 e. The number of anilines is 1. The van der Waals surface area contributed by atoms with Crippen molar-refractivity contribution in [2.75, 3.05) is 5.73 Å². The predicted molar refractivity (Wildman–Crippen MR) is 110 cm³/mol. The summed E-state index contributed by atoms with van der Waals surface area (Å²) in [6.07, 6.45) is 6.05. The lowest BCUT2D eigenvalue weighted by Gasteiger charge is -2.12. The summed E-state index contributed by atoms with van der Waals surface area (Å²) in [6.45, 7) is 1.92. The number of nitrogens with zero attached hydrogens (tertiary/aromatic N) is 7. The molecule has 0 saturated heterocycles. The van der Waals surface area contributed by atoms with E-state index in [-0.39, 0.29) is 23.5 Å². The maximum absolute atomic E-state index is 14.6. The number of halogens is 2. The predicted octanol–water partition coefficient (Wildman–Crippen LogP) is 3.52. The molecule has 0 saturated carbocycles. The third-order valence-corrected chi connectivity index (χ3v) is 4.98. The van der Waals surface area contributed by atoms with Crippen LogP contribution in [0.1, 0.15) is 18.5 Å². The Morgan fingerprint density at radius 1 is 1.00 bits per heavy atom. The number of aromatic nitrogens is 7. The summed E-state index contributed by atoms with van der Waals surface area (Å²) in [6, 6.07) is 9.48. The lowest BCUT2D eigenvalue weighted by atomic mass is 10.1. The van der Waals surface area contributed by atoms with E-state index < -0.39 is 5.82 Å². The number of hydrogen-bond acceptors (Lipinski definition) is 6. The molecule has 4 aromatic heterocycles. The van der Waals surface area contributed by atoms with Crippen LogP contribution in [0.3, 0.4) is 0 Å². The number of nitrogens with two attached hydrogens (primary N) is 1. The van der Waals surface area contributed by atoms with Crippen molar-refractivity contribution in [2.24, 2.45) is 0 Å². The maximum Gasteiger partial charge on any atom is 0.240 e. The first kappa shape index (κ1) is 18.8. The van der Waals surface area contributed by atoms with Crippen molar-refractivity contribution in [3.8, 4) is 22.6 Å². The van der Waals surface area contributed by atoms with E-state index in [4.69, 9.17) is 5.73 Å². The van der Waals surface area contributed by atoms with Gasteiger partial charge in [-0.2, -0.15) is 10.1 Å². The van der Waals surface area contributed by atoms with Crippen LogP contribution in [0.15, 0.2) is 61.2 Å². The van der Waals surface area contributed by atoms with Gasteiger partial charge in [0.05, 0.1) is 18.4 Å². The Labute approximate surface area is 175 Å². The third kappa shape index (κ3) is 3.48. The second-order valence-electron chi connectivity index (χ2n) is 7.01. The number of fused-ring (bicyclic) bond motifs is 1. The molecule has 5 aromatic rings. The van der Waals surface area contributed by atoms with E-state index in [2.05, 4.69) is 25.1 Å². The molecule has 0 amide bonds. The molecule has 0 radical (unpaired) electrons. The van der Waals surface area contributed by atoms with Crippen LogP contribution in [0.4, 0.5) is 14.7 Å². The van der Waals surface area contributed by atoms with Crippen LogP contribution in [0, 0.1) is 11.6 Å². The van der Waals surface area contributed by atoms with Gasteiger partial charge < -0.3 is 5.73 Å². The number of hydrogen-bond donors (Lipinski definition) is 1. The average Bonchev–Trinajstić information content (AvgIpc) is 3.39. The summed E-state index contributed by atoms with van der Waals surface area (Å²) < 4.78 is 31.0. The Morgan fingerprint density at radius 3 is 2.61 bits per heavy atom. The summed E-state index contributed by atoms with van der Waals surface area (Å²) >= 11 is 0. The van der Waals surface area contributed by atoms with Gasteiger partial charge >= 0.3 is 0 Å². The van der Waals surface area contributed by atoms with Gasteiger partial charge in [-0.15, -0.1) is 5.10 Å². The highest BCUT2D eigenvalue weighted by Crippen LogP contribution is 2.26. The van der Waals surface area contributed by atoms with E-state index >= 15 is 0 Å². The lowest BCUT2D eigenvalue weighted by Crippen LogP contribution is -2.07. The van der Waals surface area contributed by atoms with Gasteiger partial charge in [0.2, 0.25) is 5.95 Å². The molecule has 154 valence electrons. The van der Waals surface area contributed by atoms with E-state index in [1.807, 2.05) is 6.92 Å². The van der Waals surface area contributed by atoms with Gasteiger partial charge in [0.15, 0.2) is 17.3 Å². The van der Waals surface area contributed by atoms with Gasteiger partial charge in [0.25, 0.3) is 0 Å². The van der Waals surface area contributed by atoms with Crippen molar-refractivity contribution in [2.45, 2.75) is 13.0 Å². The van der Waals surface area contributed by atoms with Crippen LogP contribution in [0.2, 0.25) is 0 Å². The quantitative estimate of drug-likeness (QED) is 0.479. The molecule has 10 heteroatoms. The zero-order chi connectivity index (χ0) is 21.5. The fourth-order valence-corrected chi connectivity index (χ4v) is 3.31. The molecule has 8 nitrogen and oxygen atoms in total. The topological polar surface area (TPSA) is 99.8 Å².